The Morgan fingerprint density at radius 1 is 0.389 bits per heavy atom. The van der Waals surface area contributed by atoms with Crippen LogP contribution in [0, 0.1) is 0 Å². The van der Waals surface area contributed by atoms with Gasteiger partial charge in [-0.3, -0.25) is 0 Å². The van der Waals surface area contributed by atoms with Gasteiger partial charge in [-0.15, -0.1) is 0 Å². The number of hydrogen-bond acceptors (Lipinski definition) is 3. The zero-order chi connectivity index (χ0) is 35.8. The molecule has 254 valence electrons. The Labute approximate surface area is 314 Å². The van der Waals surface area contributed by atoms with Gasteiger partial charge in [0.15, 0.2) is 5.58 Å². The summed E-state index contributed by atoms with van der Waals surface area (Å²) in [5, 5.41) is 4.42. The van der Waals surface area contributed by atoms with Gasteiger partial charge >= 0.3 is 0 Å². The number of rotatable bonds is 7. The fourth-order valence-electron chi connectivity index (χ4n) is 7.70. The molecule has 0 aliphatic rings. The van der Waals surface area contributed by atoms with E-state index in [9.17, 15) is 0 Å². The summed E-state index contributed by atoms with van der Waals surface area (Å²) < 4.78 is 6.61. The lowest BCUT2D eigenvalue weighted by Crippen LogP contribution is -2.11. The van der Waals surface area contributed by atoms with Crippen molar-refractivity contribution in [2.45, 2.75) is 0 Å². The van der Waals surface area contributed by atoms with Crippen molar-refractivity contribution in [3.63, 3.8) is 0 Å². The lowest BCUT2D eigenvalue weighted by Gasteiger charge is -2.29. The van der Waals surface area contributed by atoms with Crippen LogP contribution in [0.3, 0.4) is 0 Å². The van der Waals surface area contributed by atoms with E-state index < -0.39 is 0 Å². The minimum atomic E-state index is 0.623. The molecule has 0 saturated carbocycles. The summed E-state index contributed by atoms with van der Waals surface area (Å²) in [4.78, 5) is 7.32. The number of benzene rings is 9. The zero-order valence-electron chi connectivity index (χ0n) is 29.4. The number of anilines is 3. The molecule has 0 aliphatic carbocycles. The average Bonchev–Trinajstić information content (AvgIpc) is 3.70. The summed E-state index contributed by atoms with van der Waals surface area (Å²) in [7, 11) is 0. The summed E-state index contributed by atoms with van der Waals surface area (Å²) in [6.45, 7) is 0. The van der Waals surface area contributed by atoms with E-state index in [0.717, 1.165) is 60.8 Å². The third-order valence-electron chi connectivity index (χ3n) is 10.3. The fraction of sp³-hybridized carbons (Fsp3) is 0. The van der Waals surface area contributed by atoms with Crippen molar-refractivity contribution in [1.29, 1.82) is 0 Å². The molecule has 10 rings (SSSR count). The first-order valence-electron chi connectivity index (χ1n) is 18.3. The first kappa shape index (κ1) is 31.5. The molecule has 0 saturated heterocycles. The molecule has 0 radical (unpaired) electrons. The second kappa shape index (κ2) is 13.4. The second-order valence-electron chi connectivity index (χ2n) is 13.5. The molecule has 3 nitrogen and oxygen atoms in total. The maximum Gasteiger partial charge on any atom is 0.227 e. The van der Waals surface area contributed by atoms with Crippen LogP contribution in [-0.4, -0.2) is 4.98 Å². The van der Waals surface area contributed by atoms with Crippen molar-refractivity contribution in [2.75, 3.05) is 4.90 Å². The minimum Gasteiger partial charge on any atom is -0.435 e. The molecule has 10 aromatic rings. The predicted octanol–water partition coefficient (Wildman–Crippen LogP) is 14.3. The third kappa shape index (κ3) is 5.60. The molecule has 54 heavy (non-hydrogen) atoms. The van der Waals surface area contributed by atoms with E-state index in [0.29, 0.717) is 5.89 Å². The smallest absolute Gasteiger partial charge is 0.227 e. The Kier molecular flexibility index (Phi) is 7.81. The third-order valence-corrected chi connectivity index (χ3v) is 10.3. The van der Waals surface area contributed by atoms with Gasteiger partial charge in [0.05, 0.1) is 5.69 Å². The molecule has 0 atom stereocenters. The Hall–Kier alpha value is -7.23. The highest BCUT2D eigenvalue weighted by Gasteiger charge is 2.21. The van der Waals surface area contributed by atoms with E-state index in [-0.39, 0.29) is 0 Å². The molecule has 0 bridgehead atoms. The lowest BCUT2D eigenvalue weighted by atomic mass is 9.93. The number of fused-ring (bicyclic) bond motifs is 5. The van der Waals surface area contributed by atoms with E-state index in [4.69, 9.17) is 9.40 Å². The molecule has 0 spiro atoms. The van der Waals surface area contributed by atoms with Crippen LogP contribution < -0.4 is 4.90 Å². The minimum absolute atomic E-state index is 0.623. The van der Waals surface area contributed by atoms with Crippen LogP contribution in [0.4, 0.5) is 17.1 Å². The van der Waals surface area contributed by atoms with Crippen LogP contribution in [-0.2, 0) is 0 Å². The Morgan fingerprint density at radius 2 is 0.926 bits per heavy atom. The van der Waals surface area contributed by atoms with Gasteiger partial charge in [0.25, 0.3) is 0 Å². The van der Waals surface area contributed by atoms with Gasteiger partial charge in [-0.25, -0.2) is 4.98 Å². The molecular weight excluding hydrogens is 657 g/mol. The van der Waals surface area contributed by atoms with Crippen LogP contribution >= 0.6 is 0 Å². The van der Waals surface area contributed by atoms with Crippen molar-refractivity contribution in [2.24, 2.45) is 0 Å². The normalized spacial score (nSPS) is 11.3. The van der Waals surface area contributed by atoms with Gasteiger partial charge in [-0.1, -0.05) is 158 Å². The number of nitrogens with zero attached hydrogens (tertiary/aromatic N) is 2. The summed E-state index contributed by atoms with van der Waals surface area (Å²) >= 11 is 0. The van der Waals surface area contributed by atoms with Crippen molar-refractivity contribution < 1.29 is 4.42 Å². The first-order valence-corrected chi connectivity index (χ1v) is 18.3. The summed E-state index contributed by atoms with van der Waals surface area (Å²) in [5.41, 5.74) is 12.9. The molecule has 0 N–H and O–H groups in total. The van der Waals surface area contributed by atoms with Crippen LogP contribution in [0.2, 0.25) is 0 Å². The van der Waals surface area contributed by atoms with Gasteiger partial charge in [-0.2, -0.15) is 0 Å². The molecule has 3 heteroatoms. The van der Waals surface area contributed by atoms with Crippen LogP contribution in [0.25, 0.3) is 77.5 Å². The largest absolute Gasteiger partial charge is 0.435 e. The van der Waals surface area contributed by atoms with Crippen LogP contribution in [0.1, 0.15) is 0 Å². The van der Waals surface area contributed by atoms with Crippen molar-refractivity contribution >= 4 is 49.7 Å². The number of para-hydroxylation sites is 1. The Morgan fingerprint density at radius 3 is 1.67 bits per heavy atom. The van der Waals surface area contributed by atoms with Gasteiger partial charge in [0.2, 0.25) is 5.89 Å². The van der Waals surface area contributed by atoms with E-state index in [1.54, 1.807) is 0 Å². The number of oxazole rings is 1. The maximum absolute atomic E-state index is 6.61. The Bertz CT molecular complexity index is 2920. The number of aromatic nitrogens is 1. The van der Waals surface area contributed by atoms with E-state index in [1.807, 2.05) is 30.3 Å². The molecule has 1 heterocycles. The highest BCUT2D eigenvalue weighted by molar-refractivity contribution is 6.18. The predicted molar refractivity (Wildman–Crippen MR) is 225 cm³/mol. The maximum atomic E-state index is 6.61. The average molecular weight is 691 g/mol. The van der Waals surface area contributed by atoms with Crippen LogP contribution in [0.15, 0.2) is 211 Å². The topological polar surface area (TPSA) is 29.3 Å². The van der Waals surface area contributed by atoms with Gasteiger partial charge in [-0.05, 0) is 92.5 Å². The fourth-order valence-corrected chi connectivity index (χ4v) is 7.70. The first-order chi connectivity index (χ1) is 26.8. The second-order valence-corrected chi connectivity index (χ2v) is 13.5. The molecule has 0 unspecified atom stereocenters. The Balaban J connectivity index is 1.20. The summed E-state index contributed by atoms with van der Waals surface area (Å²) in [6, 6.07) is 73.0. The van der Waals surface area contributed by atoms with Crippen molar-refractivity contribution in [3.05, 3.63) is 206 Å². The molecule has 0 amide bonds. The summed E-state index contributed by atoms with van der Waals surface area (Å²) in [5.74, 6) is 0.623. The molecular formula is C51H34N2O. The SMILES string of the molecule is c1ccc(-c2ccc(N(c3ccc4ccc5ccc6nc(-c7ccccc7)oc6c5c4c3)c3ccccc3-c3ccccc3-c3ccccc3)cc2)cc1. The quantitative estimate of drug-likeness (QED) is 0.156. The molecule has 9 aromatic carbocycles. The van der Waals surface area contributed by atoms with E-state index >= 15 is 0 Å². The monoisotopic (exact) mass is 690 g/mol. The van der Waals surface area contributed by atoms with Crippen molar-refractivity contribution in [3.8, 4) is 44.8 Å². The van der Waals surface area contributed by atoms with E-state index in [2.05, 4.69) is 181 Å². The van der Waals surface area contributed by atoms with E-state index in [1.165, 1.54) is 27.8 Å². The highest BCUT2D eigenvalue weighted by Crippen LogP contribution is 2.45. The molecule has 0 aliphatic heterocycles. The standard InChI is InChI=1S/C51H34N2O/c1-4-14-35(15-5-1)36-26-30-41(31-27-36)53(48-23-13-12-22-45(48)44-21-11-10-20-43(44)37-16-6-2-7-17-37)42-32-28-38-24-25-39-29-33-47-50(49(39)46(38)34-42)54-51(52-47)40-18-8-3-9-19-40/h1-34H. The highest BCUT2D eigenvalue weighted by atomic mass is 16.3. The zero-order valence-corrected chi connectivity index (χ0v) is 29.4. The number of hydrogen-bond donors (Lipinski definition) is 0. The van der Waals surface area contributed by atoms with Crippen molar-refractivity contribution in [1.82, 2.24) is 4.98 Å². The molecule has 0 fully saturated rings. The lowest BCUT2D eigenvalue weighted by molar-refractivity contribution is 0.623. The molecule has 1 aromatic heterocycles. The van der Waals surface area contributed by atoms with Gasteiger partial charge in [0.1, 0.15) is 5.52 Å². The van der Waals surface area contributed by atoms with Crippen LogP contribution in [0.5, 0.6) is 0 Å². The summed E-state index contributed by atoms with van der Waals surface area (Å²) in [6.07, 6.45) is 0. The van der Waals surface area contributed by atoms with Gasteiger partial charge < -0.3 is 9.32 Å². The van der Waals surface area contributed by atoms with Gasteiger partial charge in [0, 0.05) is 27.9 Å².